The van der Waals surface area contributed by atoms with Crippen LogP contribution in [0.15, 0.2) is 121 Å². The van der Waals surface area contributed by atoms with Crippen LogP contribution in [0.4, 0.5) is 0 Å². The van der Waals surface area contributed by atoms with Gasteiger partial charge < -0.3 is 24.1 Å². The molecule has 1 saturated heterocycles. The topological polar surface area (TPSA) is 74.2 Å². The molecule has 1 spiro atoms. The summed E-state index contributed by atoms with van der Waals surface area (Å²) in [5.41, 5.74) is 2.57. The van der Waals surface area contributed by atoms with E-state index in [2.05, 4.69) is 0 Å². The Kier molecular flexibility index (Phi) is 11.3. The third-order valence-electron chi connectivity index (χ3n) is 8.44. The van der Waals surface area contributed by atoms with Gasteiger partial charge in [-0.1, -0.05) is 121 Å². The molecule has 0 amide bonds. The lowest BCUT2D eigenvalue weighted by atomic mass is 9.76. The van der Waals surface area contributed by atoms with Crippen LogP contribution < -0.4 is 0 Å². The quantitative estimate of drug-likeness (QED) is 0.168. The molecule has 6 nitrogen and oxygen atoms in total. The zero-order valence-corrected chi connectivity index (χ0v) is 27.4. The van der Waals surface area contributed by atoms with Crippen molar-refractivity contribution in [3.63, 3.8) is 0 Å². The van der Waals surface area contributed by atoms with Crippen LogP contribution in [-0.2, 0) is 50.2 Å². The van der Waals surface area contributed by atoms with Gasteiger partial charge in [-0.3, -0.25) is 4.79 Å². The van der Waals surface area contributed by atoms with Crippen molar-refractivity contribution in [1.29, 1.82) is 0 Å². The van der Waals surface area contributed by atoms with Crippen molar-refractivity contribution in [2.45, 2.75) is 60.8 Å². The molecule has 4 unspecified atom stereocenters. The Bertz CT molecular complexity index is 1500. The summed E-state index contributed by atoms with van der Waals surface area (Å²) >= 11 is 3.08. The number of aliphatic hydroxyl groups is 1. The van der Waals surface area contributed by atoms with Gasteiger partial charge >= 0.3 is 0 Å². The fraction of sp³-hybridized carbons (Fsp3) is 0.342. The van der Waals surface area contributed by atoms with Gasteiger partial charge in [0.1, 0.15) is 18.3 Å². The van der Waals surface area contributed by atoms with E-state index in [1.54, 1.807) is 23.5 Å². The first kappa shape index (κ1) is 33.0. The maximum Gasteiger partial charge on any atom is 0.193 e. The first-order valence-corrected chi connectivity index (χ1v) is 17.7. The molecule has 46 heavy (non-hydrogen) atoms. The third kappa shape index (κ3) is 7.29. The van der Waals surface area contributed by atoms with Gasteiger partial charge in [-0.2, -0.15) is 0 Å². The summed E-state index contributed by atoms with van der Waals surface area (Å²) in [6, 6.07) is 39.6. The van der Waals surface area contributed by atoms with Crippen molar-refractivity contribution < 1.29 is 28.8 Å². The Labute approximate surface area is 279 Å². The molecule has 8 heteroatoms. The van der Waals surface area contributed by atoms with Crippen LogP contribution in [0.3, 0.4) is 0 Å². The van der Waals surface area contributed by atoms with Crippen LogP contribution in [0, 0.1) is 0 Å². The van der Waals surface area contributed by atoms with Crippen molar-refractivity contribution in [2.75, 3.05) is 18.1 Å². The Morgan fingerprint density at radius 2 is 1.09 bits per heavy atom. The molecule has 2 aliphatic rings. The Morgan fingerprint density at radius 3 is 1.61 bits per heavy atom. The average molecular weight is 657 g/mol. The SMILES string of the molecule is O=C1C(O)C(OCc2ccccc2)C(OCc2ccccc2)C(COCc2ccccc2)(OCc2ccccc2)C12SCCCS2. The van der Waals surface area contributed by atoms with Gasteiger partial charge in [0.15, 0.2) is 15.5 Å². The van der Waals surface area contributed by atoms with E-state index in [0.29, 0.717) is 6.61 Å². The van der Waals surface area contributed by atoms with Crippen molar-refractivity contribution in [1.82, 2.24) is 0 Å². The van der Waals surface area contributed by atoms with Gasteiger partial charge in [0.25, 0.3) is 0 Å². The molecule has 4 aromatic carbocycles. The maximum atomic E-state index is 14.6. The van der Waals surface area contributed by atoms with Gasteiger partial charge in [0, 0.05) is 0 Å². The predicted molar refractivity (Wildman–Crippen MR) is 183 cm³/mol. The number of ketones is 1. The second-order valence-corrected chi connectivity index (χ2v) is 14.5. The van der Waals surface area contributed by atoms with Crippen LogP contribution in [0.1, 0.15) is 28.7 Å². The molecule has 1 aliphatic carbocycles. The van der Waals surface area contributed by atoms with E-state index in [0.717, 1.165) is 40.2 Å². The number of carbonyl (C=O) groups is 1. The summed E-state index contributed by atoms with van der Waals surface area (Å²) in [5, 5.41) is 11.8. The van der Waals surface area contributed by atoms with Gasteiger partial charge in [0.2, 0.25) is 0 Å². The Hall–Kier alpha value is -2.95. The summed E-state index contributed by atoms with van der Waals surface area (Å²) in [6.45, 7) is 1.09. The number of rotatable bonds is 13. The summed E-state index contributed by atoms with van der Waals surface area (Å²) in [5.74, 6) is 1.19. The summed E-state index contributed by atoms with van der Waals surface area (Å²) < 4.78 is 25.8. The lowest BCUT2D eigenvalue weighted by Gasteiger charge is -2.58. The van der Waals surface area contributed by atoms with E-state index in [-0.39, 0.29) is 32.2 Å². The molecule has 6 rings (SSSR count). The molecule has 0 bridgehead atoms. The normalized spacial score (nSPS) is 24.2. The maximum absolute atomic E-state index is 14.6. The van der Waals surface area contributed by atoms with E-state index in [1.807, 2.05) is 121 Å². The first-order chi connectivity index (χ1) is 22.6. The lowest BCUT2D eigenvalue weighted by Crippen LogP contribution is -2.77. The fourth-order valence-electron chi connectivity index (χ4n) is 6.10. The summed E-state index contributed by atoms with van der Waals surface area (Å²) in [7, 11) is 0. The molecule has 1 aliphatic heterocycles. The molecule has 240 valence electrons. The molecule has 1 N–H and O–H groups in total. The van der Waals surface area contributed by atoms with Gasteiger partial charge in [-0.25, -0.2) is 0 Å². The number of Topliss-reactive ketones (excluding diaryl/α,β-unsaturated/α-hetero) is 1. The number of carbonyl (C=O) groups excluding carboxylic acids is 1. The van der Waals surface area contributed by atoms with E-state index >= 15 is 0 Å². The lowest BCUT2D eigenvalue weighted by molar-refractivity contribution is -0.253. The molecule has 1 heterocycles. The molecule has 0 aromatic heterocycles. The van der Waals surface area contributed by atoms with E-state index in [4.69, 9.17) is 18.9 Å². The molecular weight excluding hydrogens is 617 g/mol. The molecular formula is C38H40O6S2. The number of ether oxygens (including phenoxy) is 4. The van der Waals surface area contributed by atoms with Gasteiger partial charge in [-0.05, 0) is 40.2 Å². The highest BCUT2D eigenvalue weighted by Crippen LogP contribution is 2.58. The smallest absolute Gasteiger partial charge is 0.193 e. The number of benzene rings is 4. The van der Waals surface area contributed by atoms with Gasteiger partial charge in [-0.15, -0.1) is 23.5 Å². The van der Waals surface area contributed by atoms with Crippen LogP contribution in [-0.4, -0.2) is 57.0 Å². The van der Waals surface area contributed by atoms with E-state index < -0.39 is 28.0 Å². The van der Waals surface area contributed by atoms with E-state index in [1.165, 1.54) is 0 Å². The second kappa shape index (κ2) is 15.8. The standard InChI is InChI=1S/C38H40O6S2/c39-33-34(42-25-30-16-7-2-8-17-30)36(43-26-31-18-9-3-10-19-31)37(44-27-32-20-11-4-12-21-32,28-41-24-29-14-5-1-6-15-29)38(35(33)40)45-22-13-23-46-38/h1-12,14-21,33-34,36,39H,13,22-28H2. The summed E-state index contributed by atoms with van der Waals surface area (Å²) in [6.07, 6.45) is -2.31. The molecule has 2 fully saturated rings. The van der Waals surface area contributed by atoms with Crippen LogP contribution >= 0.6 is 23.5 Å². The van der Waals surface area contributed by atoms with Crippen molar-refractivity contribution in [2.24, 2.45) is 0 Å². The van der Waals surface area contributed by atoms with Crippen molar-refractivity contribution in [3.8, 4) is 0 Å². The third-order valence-corrected chi connectivity index (χ3v) is 12.0. The Morgan fingerprint density at radius 1 is 0.630 bits per heavy atom. The number of thioether (sulfide) groups is 2. The monoisotopic (exact) mass is 656 g/mol. The van der Waals surface area contributed by atoms with Crippen LogP contribution in [0.5, 0.6) is 0 Å². The molecule has 4 atom stereocenters. The highest BCUT2D eigenvalue weighted by Gasteiger charge is 2.71. The highest BCUT2D eigenvalue weighted by atomic mass is 32.2. The van der Waals surface area contributed by atoms with Crippen molar-refractivity contribution >= 4 is 29.3 Å². The van der Waals surface area contributed by atoms with E-state index in [9.17, 15) is 9.90 Å². The highest BCUT2D eigenvalue weighted by molar-refractivity contribution is 8.20. The molecule has 4 aromatic rings. The summed E-state index contributed by atoms with van der Waals surface area (Å²) in [4.78, 5) is 14.6. The Balaban J connectivity index is 1.43. The minimum atomic E-state index is -1.41. The number of aliphatic hydroxyl groups excluding tert-OH is 1. The zero-order valence-electron chi connectivity index (χ0n) is 25.7. The van der Waals surface area contributed by atoms with Crippen LogP contribution in [0.2, 0.25) is 0 Å². The minimum Gasteiger partial charge on any atom is -0.382 e. The van der Waals surface area contributed by atoms with Crippen LogP contribution in [0.25, 0.3) is 0 Å². The largest absolute Gasteiger partial charge is 0.382 e. The number of hydrogen-bond donors (Lipinski definition) is 1. The predicted octanol–water partition coefficient (Wildman–Crippen LogP) is 6.84. The molecule has 1 saturated carbocycles. The molecule has 0 radical (unpaired) electrons. The van der Waals surface area contributed by atoms with Gasteiger partial charge in [0.05, 0.1) is 33.0 Å². The first-order valence-electron chi connectivity index (χ1n) is 15.7. The van der Waals surface area contributed by atoms with Crippen molar-refractivity contribution in [3.05, 3.63) is 144 Å². The second-order valence-electron chi connectivity index (χ2n) is 11.6. The average Bonchev–Trinajstić information content (AvgIpc) is 3.12. The zero-order chi connectivity index (χ0) is 31.7. The fourth-order valence-corrected chi connectivity index (χ4v) is 9.75. The number of hydrogen-bond acceptors (Lipinski definition) is 8. The minimum absolute atomic E-state index is 0.0673.